The molecule has 0 saturated carbocycles. The van der Waals surface area contributed by atoms with Gasteiger partial charge in [-0.05, 0) is 44.3 Å². The Labute approximate surface area is 131 Å². The number of carbonyl (C=O) groups is 2. The van der Waals surface area contributed by atoms with Crippen molar-refractivity contribution in [1.29, 1.82) is 0 Å². The second-order valence-electron chi connectivity index (χ2n) is 5.62. The van der Waals surface area contributed by atoms with Gasteiger partial charge in [-0.15, -0.1) is 0 Å². The minimum Gasteiger partial charge on any atom is -0.341 e. The summed E-state index contributed by atoms with van der Waals surface area (Å²) in [5.74, 6) is 0.335. The molecule has 1 saturated heterocycles. The number of imide groups is 1. The van der Waals surface area contributed by atoms with Gasteiger partial charge in [0.25, 0.3) is 0 Å². The van der Waals surface area contributed by atoms with Crippen LogP contribution in [0.4, 0.5) is 4.79 Å². The number of likely N-dealkylation sites (tertiary alicyclic amines) is 1. The quantitative estimate of drug-likeness (QED) is 0.848. The fraction of sp³-hybridized carbons (Fsp3) is 0.667. The monoisotopic (exact) mass is 307 g/mol. The molecule has 22 heavy (non-hydrogen) atoms. The summed E-state index contributed by atoms with van der Waals surface area (Å²) in [6, 6.07) is -0.448. The molecule has 1 aliphatic rings. The van der Waals surface area contributed by atoms with Crippen molar-refractivity contribution in [2.45, 2.75) is 38.6 Å². The second-order valence-corrected chi connectivity index (χ2v) is 5.62. The maximum Gasteiger partial charge on any atom is 0.321 e. The highest BCUT2D eigenvalue weighted by atomic mass is 16.2. The van der Waals surface area contributed by atoms with E-state index in [-0.39, 0.29) is 5.91 Å². The number of aryl methyl sites for hydroxylation is 1. The molecule has 0 bridgehead atoms. The van der Waals surface area contributed by atoms with Crippen molar-refractivity contribution < 1.29 is 9.59 Å². The van der Waals surface area contributed by atoms with E-state index in [1.165, 1.54) is 12.6 Å². The molecular formula is C15H25N5O2. The molecule has 0 aliphatic carbocycles. The number of amides is 3. The van der Waals surface area contributed by atoms with E-state index in [1.54, 1.807) is 0 Å². The summed E-state index contributed by atoms with van der Waals surface area (Å²) in [6.45, 7) is 5.65. The second kappa shape index (κ2) is 7.93. The Kier molecular flexibility index (Phi) is 5.94. The Morgan fingerprint density at radius 3 is 2.68 bits per heavy atom. The van der Waals surface area contributed by atoms with Crippen molar-refractivity contribution in [1.82, 2.24) is 25.3 Å². The average Bonchev–Trinajstić information content (AvgIpc) is 3.02. The van der Waals surface area contributed by atoms with Crippen molar-refractivity contribution in [2.24, 2.45) is 0 Å². The van der Waals surface area contributed by atoms with E-state index in [0.717, 1.165) is 32.5 Å². The molecule has 7 nitrogen and oxygen atoms in total. The highest BCUT2D eigenvalue weighted by Gasteiger charge is 2.22. The zero-order valence-electron chi connectivity index (χ0n) is 13.3. The first kappa shape index (κ1) is 16.5. The first-order chi connectivity index (χ1) is 10.6. The third-order valence-corrected chi connectivity index (χ3v) is 4.17. The van der Waals surface area contributed by atoms with Crippen LogP contribution in [0.25, 0.3) is 0 Å². The molecule has 2 heterocycles. The fourth-order valence-electron chi connectivity index (χ4n) is 2.76. The molecular weight excluding hydrogens is 282 g/mol. The van der Waals surface area contributed by atoms with Crippen LogP contribution < -0.4 is 10.6 Å². The van der Waals surface area contributed by atoms with Crippen LogP contribution >= 0.6 is 0 Å². The lowest BCUT2D eigenvalue weighted by atomic mass is 9.91. The molecule has 0 unspecified atom stereocenters. The summed E-state index contributed by atoms with van der Waals surface area (Å²) < 4.78 is 1.96. The van der Waals surface area contributed by atoms with Gasteiger partial charge < -0.3 is 10.2 Å². The maximum atomic E-state index is 11.6. The van der Waals surface area contributed by atoms with E-state index in [2.05, 4.69) is 33.8 Å². The van der Waals surface area contributed by atoms with Gasteiger partial charge in [-0.25, -0.2) is 4.79 Å². The summed E-state index contributed by atoms with van der Waals surface area (Å²) in [4.78, 5) is 24.9. The smallest absolute Gasteiger partial charge is 0.321 e. The van der Waals surface area contributed by atoms with Crippen molar-refractivity contribution in [3.05, 3.63) is 18.0 Å². The van der Waals surface area contributed by atoms with Crippen molar-refractivity contribution in [3.8, 4) is 0 Å². The molecule has 122 valence electrons. The van der Waals surface area contributed by atoms with Gasteiger partial charge in [-0.1, -0.05) is 0 Å². The van der Waals surface area contributed by atoms with Crippen LogP contribution in [0.1, 0.15) is 37.7 Å². The van der Waals surface area contributed by atoms with Gasteiger partial charge in [-0.3, -0.25) is 14.8 Å². The highest BCUT2D eigenvalue weighted by Crippen LogP contribution is 2.27. The lowest BCUT2D eigenvalue weighted by Crippen LogP contribution is -2.40. The maximum absolute atomic E-state index is 11.6. The van der Waals surface area contributed by atoms with Crippen LogP contribution in [-0.4, -0.2) is 53.3 Å². The van der Waals surface area contributed by atoms with Crippen LogP contribution in [0.5, 0.6) is 0 Å². The first-order valence-corrected chi connectivity index (χ1v) is 7.88. The Bertz CT molecular complexity index is 506. The molecule has 2 rings (SSSR count). The molecule has 2 N–H and O–H groups in total. The summed E-state index contributed by atoms with van der Waals surface area (Å²) in [5, 5.41) is 8.99. The van der Waals surface area contributed by atoms with E-state index in [0.29, 0.717) is 18.9 Å². The Hall–Kier alpha value is -1.89. The SMILES string of the molecule is CCn1cc(C2CCN(CCC(=O)NC(=O)NC)CC2)cn1. The van der Waals surface area contributed by atoms with Crippen LogP contribution in [0.2, 0.25) is 0 Å². The topological polar surface area (TPSA) is 79.3 Å². The summed E-state index contributed by atoms with van der Waals surface area (Å²) >= 11 is 0. The minimum atomic E-state index is -0.448. The van der Waals surface area contributed by atoms with Crippen molar-refractivity contribution in [3.63, 3.8) is 0 Å². The molecule has 1 fully saturated rings. The number of hydrogen-bond donors (Lipinski definition) is 2. The van der Waals surface area contributed by atoms with Crippen LogP contribution in [0, 0.1) is 0 Å². The third kappa shape index (κ3) is 4.56. The van der Waals surface area contributed by atoms with E-state index in [4.69, 9.17) is 0 Å². The van der Waals surface area contributed by atoms with Gasteiger partial charge >= 0.3 is 6.03 Å². The summed E-state index contributed by atoms with van der Waals surface area (Å²) in [5.41, 5.74) is 1.32. The van der Waals surface area contributed by atoms with Gasteiger partial charge in [0.15, 0.2) is 0 Å². The van der Waals surface area contributed by atoms with Gasteiger partial charge in [-0.2, -0.15) is 5.10 Å². The van der Waals surface area contributed by atoms with Crippen molar-refractivity contribution >= 4 is 11.9 Å². The summed E-state index contributed by atoms with van der Waals surface area (Å²) in [7, 11) is 1.49. The van der Waals surface area contributed by atoms with E-state index in [9.17, 15) is 9.59 Å². The van der Waals surface area contributed by atoms with E-state index >= 15 is 0 Å². The zero-order chi connectivity index (χ0) is 15.9. The number of piperidine rings is 1. The number of aromatic nitrogens is 2. The molecule has 0 spiro atoms. The van der Waals surface area contributed by atoms with E-state index < -0.39 is 6.03 Å². The molecule has 1 aromatic heterocycles. The molecule has 1 aliphatic heterocycles. The van der Waals surface area contributed by atoms with Crippen LogP contribution in [0.15, 0.2) is 12.4 Å². The predicted octanol–water partition coefficient (Wildman–Crippen LogP) is 0.928. The third-order valence-electron chi connectivity index (χ3n) is 4.17. The van der Waals surface area contributed by atoms with Gasteiger partial charge in [0.1, 0.15) is 0 Å². The zero-order valence-corrected chi connectivity index (χ0v) is 13.3. The molecule has 1 aromatic rings. The Morgan fingerprint density at radius 2 is 2.09 bits per heavy atom. The summed E-state index contributed by atoms with van der Waals surface area (Å²) in [6.07, 6.45) is 6.64. The largest absolute Gasteiger partial charge is 0.341 e. The predicted molar refractivity (Wildman–Crippen MR) is 83.5 cm³/mol. The van der Waals surface area contributed by atoms with Gasteiger partial charge in [0.2, 0.25) is 5.91 Å². The van der Waals surface area contributed by atoms with Crippen molar-refractivity contribution in [2.75, 3.05) is 26.7 Å². The molecule has 0 atom stereocenters. The number of urea groups is 1. The molecule has 0 radical (unpaired) electrons. The lowest BCUT2D eigenvalue weighted by molar-refractivity contribution is -0.120. The fourth-order valence-corrected chi connectivity index (χ4v) is 2.76. The Balaban J connectivity index is 1.71. The number of nitrogens with zero attached hydrogens (tertiary/aromatic N) is 3. The van der Waals surface area contributed by atoms with Crippen LogP contribution in [-0.2, 0) is 11.3 Å². The highest BCUT2D eigenvalue weighted by molar-refractivity contribution is 5.94. The van der Waals surface area contributed by atoms with Crippen LogP contribution in [0.3, 0.4) is 0 Å². The number of carbonyl (C=O) groups excluding carboxylic acids is 2. The number of hydrogen-bond acceptors (Lipinski definition) is 4. The lowest BCUT2D eigenvalue weighted by Gasteiger charge is -2.31. The molecule has 7 heteroatoms. The standard InChI is InChI=1S/C15H25N5O2/c1-3-20-11-13(10-17-20)12-4-7-19(8-5-12)9-6-14(21)18-15(22)16-2/h10-12H,3-9H2,1-2H3,(H2,16,18,21,22). The minimum absolute atomic E-state index is 0.231. The Morgan fingerprint density at radius 1 is 1.36 bits per heavy atom. The molecule has 3 amide bonds. The average molecular weight is 307 g/mol. The number of nitrogens with one attached hydrogen (secondary N) is 2. The normalized spacial score (nSPS) is 16.5. The van der Waals surface area contributed by atoms with Gasteiger partial charge in [0.05, 0.1) is 6.20 Å². The molecule has 0 aromatic carbocycles. The van der Waals surface area contributed by atoms with E-state index in [1.807, 2.05) is 10.9 Å². The first-order valence-electron chi connectivity index (χ1n) is 7.88. The number of rotatable bonds is 5. The van der Waals surface area contributed by atoms with Gasteiger partial charge in [0, 0.05) is 32.8 Å².